The fraction of sp³-hybridized carbons (Fsp3) is 0.696. The van der Waals surface area contributed by atoms with E-state index in [4.69, 9.17) is 0 Å². The summed E-state index contributed by atoms with van der Waals surface area (Å²) in [6, 6.07) is -0.619. The molecule has 8 heteroatoms. The monoisotopic (exact) mass is 447 g/mol. The number of thioether (sulfide) groups is 1. The molecule has 0 aliphatic carbocycles. The molecular formula is C23H33N3O4S. The molecule has 170 valence electrons. The van der Waals surface area contributed by atoms with Gasteiger partial charge in [0.1, 0.15) is 6.04 Å². The maximum absolute atomic E-state index is 13.9. The average molecular weight is 448 g/mol. The highest BCUT2D eigenvalue weighted by Gasteiger charge is 2.73. The first-order chi connectivity index (χ1) is 14.7. The molecule has 0 bridgehead atoms. The maximum Gasteiger partial charge on any atom is 0.247 e. The zero-order chi connectivity index (χ0) is 22.6. The number of aliphatic hydroxyl groups is 1. The molecule has 1 unspecified atom stereocenters. The van der Waals surface area contributed by atoms with Crippen LogP contribution < -0.4 is 0 Å². The van der Waals surface area contributed by atoms with E-state index in [1.165, 1.54) is 0 Å². The predicted octanol–water partition coefficient (Wildman–Crippen LogP) is 1.28. The van der Waals surface area contributed by atoms with Crippen LogP contribution in [0, 0.1) is 11.8 Å². The van der Waals surface area contributed by atoms with Crippen LogP contribution in [0.5, 0.6) is 0 Å². The van der Waals surface area contributed by atoms with Crippen LogP contribution in [0.4, 0.5) is 0 Å². The molecule has 1 N–H and O–H groups in total. The van der Waals surface area contributed by atoms with Gasteiger partial charge in [-0.05, 0) is 33.6 Å². The molecule has 0 aromatic heterocycles. The Morgan fingerprint density at radius 3 is 2.45 bits per heavy atom. The first kappa shape index (κ1) is 22.4. The zero-order valence-corrected chi connectivity index (χ0v) is 19.6. The summed E-state index contributed by atoms with van der Waals surface area (Å²) in [6.45, 7) is 7.51. The highest BCUT2D eigenvalue weighted by atomic mass is 32.2. The molecule has 5 atom stereocenters. The van der Waals surface area contributed by atoms with E-state index in [2.05, 4.69) is 12.2 Å². The number of likely N-dealkylation sites (tertiary alicyclic amines) is 1. The molecule has 2 fully saturated rings. The molecule has 0 saturated carbocycles. The number of hydrogen-bond donors (Lipinski definition) is 1. The average Bonchev–Trinajstić information content (AvgIpc) is 2.97. The molecular weight excluding hydrogens is 414 g/mol. The lowest BCUT2D eigenvalue weighted by molar-refractivity contribution is -0.145. The first-order valence-corrected chi connectivity index (χ1v) is 12.0. The number of aliphatic hydroxyl groups excluding tert-OH is 1. The van der Waals surface area contributed by atoms with Crippen molar-refractivity contribution in [2.45, 2.75) is 55.2 Å². The van der Waals surface area contributed by atoms with Gasteiger partial charge in [-0.1, -0.05) is 24.3 Å². The molecule has 1 spiro atoms. The van der Waals surface area contributed by atoms with Crippen LogP contribution in [0.25, 0.3) is 0 Å². The van der Waals surface area contributed by atoms with Gasteiger partial charge in [-0.25, -0.2) is 0 Å². The SMILES string of the molecule is CC(C)N1CC=C[C@]23S[C@@]4(C)C=CCN(C)C(=O)[C@H]4[C@H]2C(=O)N(CCCCO)C3C1=O. The van der Waals surface area contributed by atoms with Gasteiger partial charge in [0, 0.05) is 44.1 Å². The Morgan fingerprint density at radius 1 is 1.06 bits per heavy atom. The van der Waals surface area contributed by atoms with Crippen LogP contribution >= 0.6 is 11.8 Å². The van der Waals surface area contributed by atoms with Gasteiger partial charge in [0.25, 0.3) is 0 Å². The van der Waals surface area contributed by atoms with Crippen molar-refractivity contribution in [1.29, 1.82) is 0 Å². The summed E-state index contributed by atoms with van der Waals surface area (Å²) in [4.78, 5) is 46.4. The van der Waals surface area contributed by atoms with Crippen LogP contribution in [-0.4, -0.2) is 92.4 Å². The third kappa shape index (κ3) is 3.25. The topological polar surface area (TPSA) is 81.2 Å². The van der Waals surface area contributed by atoms with Crippen LogP contribution in [0.2, 0.25) is 0 Å². The second-order valence-corrected chi connectivity index (χ2v) is 11.4. The second-order valence-electron chi connectivity index (χ2n) is 9.57. The maximum atomic E-state index is 13.9. The number of amides is 3. The largest absolute Gasteiger partial charge is 0.396 e. The molecule has 7 nitrogen and oxygen atoms in total. The van der Waals surface area contributed by atoms with E-state index in [0.717, 1.165) is 0 Å². The zero-order valence-electron chi connectivity index (χ0n) is 18.8. The van der Waals surface area contributed by atoms with Gasteiger partial charge in [-0.15, -0.1) is 11.8 Å². The fourth-order valence-electron chi connectivity index (χ4n) is 5.76. The molecule has 4 rings (SSSR count). The summed E-state index contributed by atoms with van der Waals surface area (Å²) < 4.78 is -1.32. The molecule has 2 saturated heterocycles. The summed E-state index contributed by atoms with van der Waals surface area (Å²) in [5, 5.41) is 9.24. The number of carbonyl (C=O) groups is 3. The van der Waals surface area contributed by atoms with Gasteiger partial charge in [-0.3, -0.25) is 14.4 Å². The number of hydrogen-bond acceptors (Lipinski definition) is 5. The van der Waals surface area contributed by atoms with Crippen LogP contribution in [0.3, 0.4) is 0 Å². The molecule has 4 aliphatic heterocycles. The minimum atomic E-state index is -0.769. The third-order valence-corrected chi connectivity index (χ3v) is 9.02. The fourth-order valence-corrected chi connectivity index (χ4v) is 7.92. The lowest BCUT2D eigenvalue weighted by atomic mass is 9.74. The van der Waals surface area contributed by atoms with Gasteiger partial charge in [0.15, 0.2) is 0 Å². The summed E-state index contributed by atoms with van der Waals surface area (Å²) in [7, 11) is 1.78. The Kier molecular flexibility index (Phi) is 5.75. The van der Waals surface area contributed by atoms with Crippen molar-refractivity contribution in [2.75, 3.05) is 33.3 Å². The predicted molar refractivity (Wildman–Crippen MR) is 120 cm³/mol. The van der Waals surface area contributed by atoms with Crippen molar-refractivity contribution < 1.29 is 19.5 Å². The van der Waals surface area contributed by atoms with Gasteiger partial charge in [0.05, 0.1) is 16.6 Å². The van der Waals surface area contributed by atoms with E-state index in [0.29, 0.717) is 32.5 Å². The number of fused-ring (bicyclic) bond motifs is 2. The minimum absolute atomic E-state index is 0.0147. The molecule has 0 aromatic rings. The Hall–Kier alpha value is -1.80. The van der Waals surface area contributed by atoms with E-state index in [-0.39, 0.29) is 30.4 Å². The van der Waals surface area contributed by atoms with Crippen LogP contribution in [-0.2, 0) is 14.4 Å². The van der Waals surface area contributed by atoms with Crippen molar-refractivity contribution in [2.24, 2.45) is 11.8 Å². The number of carbonyl (C=O) groups excluding carboxylic acids is 3. The van der Waals surface area contributed by atoms with E-state index < -0.39 is 27.4 Å². The third-order valence-electron chi connectivity index (χ3n) is 7.22. The highest BCUT2D eigenvalue weighted by molar-refractivity contribution is 8.02. The van der Waals surface area contributed by atoms with Crippen molar-refractivity contribution in [3.8, 4) is 0 Å². The first-order valence-electron chi connectivity index (χ1n) is 11.2. The summed E-state index contributed by atoms with van der Waals surface area (Å²) in [5.41, 5.74) is 0. The quantitative estimate of drug-likeness (QED) is 0.507. The molecule has 0 radical (unpaired) electrons. The highest BCUT2D eigenvalue weighted by Crippen LogP contribution is 2.65. The molecule has 4 aliphatic rings. The van der Waals surface area contributed by atoms with Gasteiger partial charge in [-0.2, -0.15) is 0 Å². The van der Waals surface area contributed by atoms with E-state index in [1.54, 1.807) is 28.6 Å². The molecule has 3 amide bonds. The van der Waals surface area contributed by atoms with Crippen LogP contribution in [0.15, 0.2) is 24.3 Å². The van der Waals surface area contributed by atoms with Crippen LogP contribution in [0.1, 0.15) is 33.6 Å². The second kappa shape index (κ2) is 7.96. The smallest absolute Gasteiger partial charge is 0.247 e. The minimum Gasteiger partial charge on any atom is -0.396 e. The van der Waals surface area contributed by atoms with Crippen molar-refractivity contribution in [3.05, 3.63) is 24.3 Å². The number of nitrogens with zero attached hydrogens (tertiary/aromatic N) is 3. The number of likely N-dealkylation sites (N-methyl/N-ethyl adjacent to an activating group) is 1. The van der Waals surface area contributed by atoms with Crippen molar-refractivity contribution >= 4 is 29.5 Å². The lowest BCUT2D eigenvalue weighted by Gasteiger charge is -2.37. The van der Waals surface area contributed by atoms with Crippen molar-refractivity contribution in [3.63, 3.8) is 0 Å². The van der Waals surface area contributed by atoms with Crippen molar-refractivity contribution in [1.82, 2.24) is 14.7 Å². The Labute approximate surface area is 188 Å². The van der Waals surface area contributed by atoms with E-state index in [1.807, 2.05) is 37.8 Å². The van der Waals surface area contributed by atoms with Gasteiger partial charge in [0.2, 0.25) is 17.7 Å². The van der Waals surface area contributed by atoms with E-state index in [9.17, 15) is 19.5 Å². The number of unbranched alkanes of at least 4 members (excludes halogenated alkanes) is 1. The summed E-state index contributed by atoms with van der Waals surface area (Å²) in [6.07, 6.45) is 9.34. The standard InChI is InChI=1S/C23H33N3O4S/c1-15(2)25-13-8-10-23-17(16-19(28)24(4)11-7-9-22(16,3)31-23)20(29)26(12-5-6-14-27)18(23)21(25)30/h7-10,15-18,27H,5-6,11-14H2,1-4H3/t16-,17+,18?,22+,23+/m1/s1. The van der Waals surface area contributed by atoms with E-state index >= 15 is 0 Å². The normalized spacial score (nSPS) is 37.3. The summed E-state index contributed by atoms with van der Waals surface area (Å²) in [5.74, 6) is -1.27. The Bertz CT molecular complexity index is 843. The molecule has 4 heterocycles. The number of rotatable bonds is 5. The molecule has 31 heavy (non-hydrogen) atoms. The van der Waals surface area contributed by atoms with Gasteiger partial charge < -0.3 is 19.8 Å². The molecule has 0 aromatic carbocycles. The van der Waals surface area contributed by atoms with Gasteiger partial charge >= 0.3 is 0 Å². The lowest BCUT2D eigenvalue weighted by Crippen LogP contribution is -2.54. The summed E-state index contributed by atoms with van der Waals surface area (Å²) >= 11 is 1.62. The Morgan fingerprint density at radius 2 is 1.77 bits per heavy atom. The Balaban J connectivity index is 1.84.